The first-order chi connectivity index (χ1) is 13.5. The van der Waals surface area contributed by atoms with Crippen molar-refractivity contribution in [1.82, 2.24) is 0 Å². The first-order valence-corrected chi connectivity index (χ1v) is 12.1. The Morgan fingerprint density at radius 1 is 0.714 bits per heavy atom. The van der Waals surface area contributed by atoms with Gasteiger partial charge in [-0.05, 0) is 108 Å². The van der Waals surface area contributed by atoms with E-state index in [1.54, 1.807) is 16.9 Å². The van der Waals surface area contributed by atoms with Crippen molar-refractivity contribution in [3.05, 3.63) is 69.0 Å². The van der Waals surface area contributed by atoms with Gasteiger partial charge in [-0.25, -0.2) is 0 Å². The minimum Gasteiger partial charge on any atom is -0.152 e. The Bertz CT molecular complexity index is 638. The lowest BCUT2D eigenvalue weighted by Gasteiger charge is -2.03. The van der Waals surface area contributed by atoms with E-state index in [-0.39, 0.29) is 0 Å². The average molecular weight is 399 g/mol. The van der Waals surface area contributed by atoms with E-state index >= 15 is 0 Å². The van der Waals surface area contributed by atoms with E-state index in [2.05, 4.69) is 75.7 Å². The van der Waals surface area contributed by atoms with Gasteiger partial charge in [0.2, 0.25) is 0 Å². The zero-order chi connectivity index (χ0) is 20.6. The quantitative estimate of drug-likeness (QED) is 0.274. The Labute approximate surface area is 179 Å². The summed E-state index contributed by atoms with van der Waals surface area (Å²) in [5, 5.41) is 4.43. The van der Waals surface area contributed by atoms with Crippen molar-refractivity contribution in [3.63, 3.8) is 0 Å². The van der Waals surface area contributed by atoms with Crippen LogP contribution in [0.15, 0.2) is 63.4 Å². The highest BCUT2D eigenvalue weighted by atomic mass is 32.1. The summed E-state index contributed by atoms with van der Waals surface area (Å²) in [4.78, 5) is 0. The van der Waals surface area contributed by atoms with Gasteiger partial charge in [0.05, 0.1) is 0 Å². The lowest BCUT2D eigenvalue weighted by molar-refractivity contribution is 0.873. The van der Waals surface area contributed by atoms with Crippen LogP contribution in [-0.4, -0.2) is 0 Å². The third-order valence-corrected chi connectivity index (χ3v) is 5.98. The van der Waals surface area contributed by atoms with Gasteiger partial charge in [0.15, 0.2) is 0 Å². The van der Waals surface area contributed by atoms with Crippen molar-refractivity contribution in [2.75, 3.05) is 0 Å². The van der Waals surface area contributed by atoms with Gasteiger partial charge in [-0.3, -0.25) is 0 Å². The van der Waals surface area contributed by atoms with Gasteiger partial charge < -0.3 is 0 Å². The Balaban J connectivity index is 2.18. The highest BCUT2D eigenvalue weighted by Crippen LogP contribution is 2.15. The van der Waals surface area contributed by atoms with Crippen LogP contribution in [0.1, 0.15) is 98.0 Å². The van der Waals surface area contributed by atoms with Crippen LogP contribution in [0.3, 0.4) is 0 Å². The molecular formula is C27H42S. The highest BCUT2D eigenvalue weighted by Gasteiger charge is 1.95. The first kappa shape index (κ1) is 24.7. The second-order valence-corrected chi connectivity index (χ2v) is 9.02. The molecule has 0 N–H and O–H groups in total. The summed E-state index contributed by atoms with van der Waals surface area (Å²) in [7, 11) is 0. The maximum absolute atomic E-state index is 2.44. The number of rotatable bonds is 14. The molecule has 0 fully saturated rings. The second-order valence-electron chi connectivity index (χ2n) is 8.24. The molecule has 1 heterocycles. The van der Waals surface area contributed by atoms with Gasteiger partial charge in [0.1, 0.15) is 0 Å². The Hall–Kier alpha value is -1.34. The van der Waals surface area contributed by atoms with Gasteiger partial charge >= 0.3 is 0 Å². The van der Waals surface area contributed by atoms with E-state index in [0.29, 0.717) is 0 Å². The SMILES string of the molecule is CCCC(C)=CCCC(C)=CCCC(C)=CCCC(C)=CCCc1ccsc1. The molecule has 1 heteroatoms. The summed E-state index contributed by atoms with van der Waals surface area (Å²) in [5.74, 6) is 0. The minimum atomic E-state index is 1.17. The van der Waals surface area contributed by atoms with Crippen molar-refractivity contribution in [2.24, 2.45) is 0 Å². The number of allylic oxidation sites excluding steroid dienone is 8. The van der Waals surface area contributed by atoms with Crippen LogP contribution in [0, 0.1) is 0 Å². The molecule has 0 aliphatic heterocycles. The van der Waals surface area contributed by atoms with Crippen LogP contribution >= 0.6 is 11.3 Å². The summed E-state index contributed by atoms with van der Waals surface area (Å²) >= 11 is 1.79. The van der Waals surface area contributed by atoms with Crippen molar-refractivity contribution in [3.8, 4) is 0 Å². The molecule has 0 aromatic carbocycles. The Morgan fingerprint density at radius 3 is 1.61 bits per heavy atom. The van der Waals surface area contributed by atoms with E-state index in [4.69, 9.17) is 0 Å². The fourth-order valence-corrected chi connectivity index (χ4v) is 4.06. The normalized spacial score (nSPS) is 14.0. The van der Waals surface area contributed by atoms with Crippen molar-refractivity contribution in [2.45, 2.75) is 98.8 Å². The monoisotopic (exact) mass is 398 g/mol. The zero-order valence-corrected chi connectivity index (χ0v) is 19.8. The molecule has 0 nitrogen and oxygen atoms in total. The summed E-state index contributed by atoms with van der Waals surface area (Å²) in [5.41, 5.74) is 7.62. The lowest BCUT2D eigenvalue weighted by Crippen LogP contribution is -1.83. The Morgan fingerprint density at radius 2 is 1.18 bits per heavy atom. The molecule has 156 valence electrons. The number of thiophene rings is 1. The van der Waals surface area contributed by atoms with Crippen LogP contribution in [0.4, 0.5) is 0 Å². The van der Waals surface area contributed by atoms with Gasteiger partial charge in [-0.15, -0.1) is 0 Å². The fraction of sp³-hybridized carbons (Fsp3) is 0.556. The third kappa shape index (κ3) is 12.9. The molecule has 1 rings (SSSR count). The maximum Gasteiger partial charge on any atom is -0.00611 e. The molecule has 0 spiro atoms. The second kappa shape index (κ2) is 15.6. The van der Waals surface area contributed by atoms with E-state index in [1.165, 1.54) is 86.5 Å². The van der Waals surface area contributed by atoms with Crippen molar-refractivity contribution >= 4 is 11.3 Å². The molecular weight excluding hydrogens is 356 g/mol. The van der Waals surface area contributed by atoms with E-state index in [0.717, 1.165) is 0 Å². The first-order valence-electron chi connectivity index (χ1n) is 11.1. The maximum atomic E-state index is 2.44. The van der Waals surface area contributed by atoms with Crippen LogP contribution in [-0.2, 0) is 6.42 Å². The molecule has 0 amide bonds. The molecule has 0 bridgehead atoms. The molecule has 28 heavy (non-hydrogen) atoms. The summed E-state index contributed by atoms with van der Waals surface area (Å²) < 4.78 is 0. The van der Waals surface area contributed by atoms with Gasteiger partial charge in [-0.1, -0.05) is 59.9 Å². The summed E-state index contributed by atoms with van der Waals surface area (Å²) in [6, 6.07) is 2.24. The van der Waals surface area contributed by atoms with Gasteiger partial charge in [0, 0.05) is 0 Å². The minimum absolute atomic E-state index is 1.17. The molecule has 0 saturated carbocycles. The average Bonchev–Trinajstić information content (AvgIpc) is 3.15. The van der Waals surface area contributed by atoms with E-state index in [1.807, 2.05) is 0 Å². The largest absolute Gasteiger partial charge is 0.152 e. The predicted molar refractivity (Wildman–Crippen MR) is 130 cm³/mol. The standard InChI is InChI=1S/C27H42S/c1-6-11-23(2)12-7-13-24(3)14-8-15-25(4)16-9-17-26(5)18-10-19-27-20-21-28-22-27/h12,14,16,18,20-22H,6-11,13,15,17,19H2,1-5H3. The van der Waals surface area contributed by atoms with Crippen LogP contribution in [0.25, 0.3) is 0 Å². The van der Waals surface area contributed by atoms with E-state index < -0.39 is 0 Å². The van der Waals surface area contributed by atoms with Crippen LogP contribution in [0.5, 0.6) is 0 Å². The lowest BCUT2D eigenvalue weighted by atomic mass is 10.0. The molecule has 1 aromatic rings. The van der Waals surface area contributed by atoms with Gasteiger partial charge in [-0.2, -0.15) is 11.3 Å². The fourth-order valence-electron chi connectivity index (χ4n) is 3.36. The zero-order valence-electron chi connectivity index (χ0n) is 19.0. The van der Waals surface area contributed by atoms with Crippen molar-refractivity contribution < 1.29 is 0 Å². The smallest absolute Gasteiger partial charge is 0.00611 e. The molecule has 0 aliphatic carbocycles. The topological polar surface area (TPSA) is 0 Å². The number of hydrogen-bond donors (Lipinski definition) is 0. The molecule has 0 saturated heterocycles. The summed E-state index contributed by atoms with van der Waals surface area (Å²) in [6.07, 6.45) is 21.7. The highest BCUT2D eigenvalue weighted by molar-refractivity contribution is 7.07. The van der Waals surface area contributed by atoms with Crippen LogP contribution < -0.4 is 0 Å². The van der Waals surface area contributed by atoms with Crippen LogP contribution in [0.2, 0.25) is 0 Å². The number of aryl methyl sites for hydroxylation is 1. The molecule has 0 aliphatic rings. The molecule has 0 unspecified atom stereocenters. The molecule has 1 aromatic heterocycles. The van der Waals surface area contributed by atoms with E-state index in [9.17, 15) is 0 Å². The van der Waals surface area contributed by atoms with Crippen molar-refractivity contribution in [1.29, 1.82) is 0 Å². The number of hydrogen-bond acceptors (Lipinski definition) is 1. The third-order valence-electron chi connectivity index (χ3n) is 5.24. The molecule has 0 radical (unpaired) electrons. The Kier molecular flexibility index (Phi) is 13.7. The molecule has 0 atom stereocenters. The predicted octanol–water partition coefficient (Wildman–Crippen LogP) is 9.61. The van der Waals surface area contributed by atoms with Gasteiger partial charge in [0.25, 0.3) is 0 Å². The summed E-state index contributed by atoms with van der Waals surface area (Å²) in [6.45, 7) is 11.4.